The molecule has 2 rings (SSSR count). The van der Waals surface area contributed by atoms with Gasteiger partial charge in [0, 0.05) is 6.54 Å². The maximum atomic E-state index is 13.3. The van der Waals surface area contributed by atoms with Crippen molar-refractivity contribution in [1.29, 1.82) is 0 Å². The Morgan fingerprint density at radius 3 is 2.60 bits per heavy atom. The summed E-state index contributed by atoms with van der Waals surface area (Å²) in [7, 11) is 0. The molecule has 6 heteroatoms. The van der Waals surface area contributed by atoms with Crippen molar-refractivity contribution >= 4 is 18.4 Å². The highest BCUT2D eigenvalue weighted by Crippen LogP contribution is 2.18. The second-order valence-electron chi connectivity index (χ2n) is 4.73. The maximum Gasteiger partial charge on any atom is 0.306 e. The molecule has 1 aromatic rings. The number of ether oxygens (including phenoxy) is 1. The van der Waals surface area contributed by atoms with Crippen LogP contribution in [0.1, 0.15) is 12.8 Å². The van der Waals surface area contributed by atoms with E-state index in [0.717, 1.165) is 13.1 Å². The van der Waals surface area contributed by atoms with Gasteiger partial charge in [0.15, 0.2) is 11.6 Å². The number of piperidine rings is 1. The summed E-state index contributed by atoms with van der Waals surface area (Å²) in [6.45, 7) is 2.63. The van der Waals surface area contributed by atoms with Crippen LogP contribution in [-0.2, 0) is 4.79 Å². The predicted octanol–water partition coefficient (Wildman–Crippen LogP) is 2.42. The zero-order valence-electron chi connectivity index (χ0n) is 11.1. The van der Waals surface area contributed by atoms with E-state index in [1.54, 1.807) is 18.2 Å². The van der Waals surface area contributed by atoms with Gasteiger partial charge in [0.05, 0.1) is 5.92 Å². The number of likely N-dealkylation sites (tertiary alicyclic amines) is 1. The number of para-hydroxylation sites is 1. The molecular formula is C14H19ClFNO3. The molecule has 0 aliphatic carbocycles. The van der Waals surface area contributed by atoms with E-state index in [9.17, 15) is 9.18 Å². The number of benzene rings is 1. The summed E-state index contributed by atoms with van der Waals surface area (Å²) in [4.78, 5) is 13.0. The number of hydrogen-bond acceptors (Lipinski definition) is 3. The third-order valence-corrected chi connectivity index (χ3v) is 3.44. The zero-order valence-corrected chi connectivity index (χ0v) is 11.9. The van der Waals surface area contributed by atoms with Gasteiger partial charge in [0.2, 0.25) is 0 Å². The molecule has 1 fully saturated rings. The average molecular weight is 304 g/mol. The normalized spacial score (nSPS) is 16.4. The van der Waals surface area contributed by atoms with Gasteiger partial charge in [-0.2, -0.15) is 0 Å². The predicted molar refractivity (Wildman–Crippen MR) is 75.9 cm³/mol. The van der Waals surface area contributed by atoms with Crippen molar-refractivity contribution in [2.45, 2.75) is 12.8 Å². The molecule has 0 spiro atoms. The molecule has 0 radical (unpaired) electrons. The van der Waals surface area contributed by atoms with Crippen LogP contribution in [0.5, 0.6) is 5.75 Å². The van der Waals surface area contributed by atoms with E-state index in [1.165, 1.54) is 6.07 Å². The van der Waals surface area contributed by atoms with Gasteiger partial charge in [-0.15, -0.1) is 12.4 Å². The second kappa shape index (κ2) is 8.07. The highest BCUT2D eigenvalue weighted by molar-refractivity contribution is 5.85. The molecular weight excluding hydrogens is 285 g/mol. The van der Waals surface area contributed by atoms with E-state index in [0.29, 0.717) is 26.0 Å². The van der Waals surface area contributed by atoms with E-state index in [2.05, 4.69) is 4.90 Å². The van der Waals surface area contributed by atoms with E-state index in [4.69, 9.17) is 9.84 Å². The molecule has 0 amide bonds. The van der Waals surface area contributed by atoms with Gasteiger partial charge in [-0.3, -0.25) is 9.69 Å². The molecule has 1 aliphatic rings. The standard InChI is InChI=1S/C14H18FNO3.ClH/c15-12-3-1-2-4-13(12)19-10-9-16-7-5-11(6-8-16)14(17)18;/h1-4,11H,5-10H2,(H,17,18);1H. The molecule has 1 N–H and O–H groups in total. The Kier molecular flexibility index (Phi) is 6.75. The van der Waals surface area contributed by atoms with Crippen molar-refractivity contribution in [1.82, 2.24) is 4.90 Å². The molecule has 20 heavy (non-hydrogen) atoms. The van der Waals surface area contributed by atoms with Crippen LogP contribution in [0, 0.1) is 11.7 Å². The maximum absolute atomic E-state index is 13.3. The Morgan fingerprint density at radius 2 is 2.00 bits per heavy atom. The topological polar surface area (TPSA) is 49.8 Å². The molecule has 0 atom stereocenters. The van der Waals surface area contributed by atoms with Crippen LogP contribution in [-0.4, -0.2) is 42.2 Å². The Morgan fingerprint density at radius 1 is 1.35 bits per heavy atom. The summed E-state index contributed by atoms with van der Waals surface area (Å²) >= 11 is 0. The second-order valence-corrected chi connectivity index (χ2v) is 4.73. The van der Waals surface area contributed by atoms with Gasteiger partial charge in [0.25, 0.3) is 0 Å². The van der Waals surface area contributed by atoms with Crippen LogP contribution >= 0.6 is 12.4 Å². The lowest BCUT2D eigenvalue weighted by Crippen LogP contribution is -2.38. The number of aliphatic carboxylic acids is 1. The van der Waals surface area contributed by atoms with Crippen LogP contribution in [0.2, 0.25) is 0 Å². The average Bonchev–Trinajstić information content (AvgIpc) is 2.41. The van der Waals surface area contributed by atoms with E-state index in [1.807, 2.05) is 0 Å². The number of rotatable bonds is 5. The summed E-state index contributed by atoms with van der Waals surface area (Å²) in [5.74, 6) is -1.01. The third-order valence-electron chi connectivity index (χ3n) is 3.44. The number of carbonyl (C=O) groups is 1. The van der Waals surface area contributed by atoms with Crippen LogP contribution < -0.4 is 4.74 Å². The molecule has 1 saturated heterocycles. The minimum atomic E-state index is -0.706. The molecule has 1 aromatic carbocycles. The first-order valence-corrected chi connectivity index (χ1v) is 6.49. The van der Waals surface area contributed by atoms with Crippen LogP contribution in [0.25, 0.3) is 0 Å². The van der Waals surface area contributed by atoms with E-state index in [-0.39, 0.29) is 29.9 Å². The van der Waals surface area contributed by atoms with Gasteiger partial charge >= 0.3 is 5.97 Å². The minimum Gasteiger partial charge on any atom is -0.489 e. The molecule has 0 saturated carbocycles. The number of nitrogens with zero attached hydrogens (tertiary/aromatic N) is 1. The Labute approximate surface area is 123 Å². The Hall–Kier alpha value is -1.33. The number of carboxylic acids is 1. The van der Waals surface area contributed by atoms with Crippen LogP contribution in [0.15, 0.2) is 24.3 Å². The molecule has 1 aliphatic heterocycles. The fraction of sp³-hybridized carbons (Fsp3) is 0.500. The Bertz CT molecular complexity index is 436. The lowest BCUT2D eigenvalue weighted by atomic mass is 9.97. The SMILES string of the molecule is Cl.O=C(O)C1CCN(CCOc2ccccc2F)CC1. The van der Waals surface area contributed by atoms with Crippen LogP contribution in [0.3, 0.4) is 0 Å². The van der Waals surface area contributed by atoms with Crippen molar-refractivity contribution in [3.8, 4) is 5.75 Å². The summed E-state index contributed by atoms with van der Waals surface area (Å²) in [6, 6.07) is 6.33. The van der Waals surface area contributed by atoms with Gasteiger partial charge in [-0.1, -0.05) is 12.1 Å². The molecule has 1 heterocycles. The fourth-order valence-corrected chi connectivity index (χ4v) is 2.25. The summed E-state index contributed by atoms with van der Waals surface area (Å²) < 4.78 is 18.7. The lowest BCUT2D eigenvalue weighted by Gasteiger charge is -2.29. The zero-order chi connectivity index (χ0) is 13.7. The van der Waals surface area contributed by atoms with Gasteiger partial charge < -0.3 is 9.84 Å². The van der Waals surface area contributed by atoms with Gasteiger partial charge in [0.1, 0.15) is 6.61 Å². The minimum absolute atomic E-state index is 0. The van der Waals surface area contributed by atoms with E-state index >= 15 is 0 Å². The fourth-order valence-electron chi connectivity index (χ4n) is 2.25. The third kappa shape index (κ3) is 4.65. The molecule has 0 bridgehead atoms. The smallest absolute Gasteiger partial charge is 0.306 e. The highest BCUT2D eigenvalue weighted by atomic mass is 35.5. The molecule has 4 nitrogen and oxygen atoms in total. The van der Waals surface area contributed by atoms with Crippen molar-refractivity contribution in [3.63, 3.8) is 0 Å². The first-order valence-electron chi connectivity index (χ1n) is 6.49. The molecule has 112 valence electrons. The first kappa shape index (κ1) is 16.7. The molecule has 0 unspecified atom stereocenters. The Balaban J connectivity index is 0.00000200. The number of carboxylic acid groups (broad SMARTS) is 1. The lowest BCUT2D eigenvalue weighted by molar-refractivity contribution is -0.143. The largest absolute Gasteiger partial charge is 0.489 e. The summed E-state index contributed by atoms with van der Waals surface area (Å²) in [5.41, 5.74) is 0. The quantitative estimate of drug-likeness (QED) is 0.907. The monoisotopic (exact) mass is 303 g/mol. The van der Waals surface area contributed by atoms with Crippen molar-refractivity contribution in [2.24, 2.45) is 5.92 Å². The van der Waals surface area contributed by atoms with Crippen LogP contribution in [0.4, 0.5) is 4.39 Å². The van der Waals surface area contributed by atoms with E-state index < -0.39 is 5.97 Å². The number of halogens is 2. The van der Waals surface area contributed by atoms with Crippen molar-refractivity contribution in [2.75, 3.05) is 26.2 Å². The summed E-state index contributed by atoms with van der Waals surface area (Å²) in [5, 5.41) is 8.89. The van der Waals surface area contributed by atoms with Gasteiger partial charge in [-0.25, -0.2) is 4.39 Å². The highest BCUT2D eigenvalue weighted by Gasteiger charge is 2.24. The first-order chi connectivity index (χ1) is 9.16. The number of hydrogen-bond donors (Lipinski definition) is 1. The van der Waals surface area contributed by atoms with Gasteiger partial charge in [-0.05, 0) is 38.1 Å². The summed E-state index contributed by atoms with van der Waals surface area (Å²) in [6.07, 6.45) is 1.35. The molecule has 0 aromatic heterocycles. The van der Waals surface area contributed by atoms with Crippen molar-refractivity contribution < 1.29 is 19.0 Å². The van der Waals surface area contributed by atoms with Crippen molar-refractivity contribution in [3.05, 3.63) is 30.1 Å².